The number of ether oxygens (including phenoxy) is 2. The molecule has 2 heterocycles. The molecule has 0 spiro atoms. The van der Waals surface area contributed by atoms with Crippen molar-refractivity contribution >= 4 is 16.8 Å². The van der Waals surface area contributed by atoms with E-state index in [0.717, 1.165) is 48.2 Å². The molecule has 0 bridgehead atoms. The number of carbonyl (C=O) groups excluding carboxylic acids is 1. The Morgan fingerprint density at radius 1 is 1.19 bits per heavy atom. The maximum absolute atomic E-state index is 13.3. The van der Waals surface area contributed by atoms with Gasteiger partial charge in [0.1, 0.15) is 17.2 Å². The lowest BCUT2D eigenvalue weighted by atomic mass is 9.78. The highest BCUT2D eigenvalue weighted by Gasteiger charge is 2.46. The quantitative estimate of drug-likeness (QED) is 0.708. The molecule has 1 saturated heterocycles. The molecule has 0 saturated carbocycles. The van der Waals surface area contributed by atoms with Gasteiger partial charge in [-0.2, -0.15) is 0 Å². The Morgan fingerprint density at radius 3 is 2.31 bits per heavy atom. The van der Waals surface area contributed by atoms with Gasteiger partial charge in [-0.1, -0.05) is 12.2 Å². The number of aryl methyl sites for hydroxylation is 1. The first-order valence-corrected chi connectivity index (χ1v) is 8.77. The summed E-state index contributed by atoms with van der Waals surface area (Å²) in [5.41, 5.74) is 1.28. The number of aromatic nitrogens is 1. The van der Waals surface area contributed by atoms with Gasteiger partial charge in [-0.05, 0) is 37.5 Å². The normalized spacial score (nSPS) is 15.4. The van der Waals surface area contributed by atoms with Crippen LogP contribution in [0.1, 0.15) is 29.8 Å². The lowest BCUT2D eigenvalue weighted by Crippen LogP contribution is -2.61. The SMILES string of the molecule is C=CCC1(CC=C)CCN1C(=O)c1cc2c(OC)ccc(OC)c2n1C. The average molecular weight is 354 g/mol. The van der Waals surface area contributed by atoms with Crippen LogP contribution < -0.4 is 9.47 Å². The van der Waals surface area contributed by atoms with Gasteiger partial charge in [0, 0.05) is 19.0 Å². The van der Waals surface area contributed by atoms with E-state index in [-0.39, 0.29) is 11.4 Å². The number of fused-ring (bicyclic) bond motifs is 1. The molecule has 1 amide bonds. The molecule has 1 fully saturated rings. The van der Waals surface area contributed by atoms with E-state index >= 15 is 0 Å². The second kappa shape index (κ2) is 6.90. The third-order valence-corrected chi connectivity index (χ3v) is 5.44. The molecule has 5 heteroatoms. The van der Waals surface area contributed by atoms with Crippen LogP contribution >= 0.6 is 0 Å². The molecule has 3 rings (SSSR count). The number of benzene rings is 1. The van der Waals surface area contributed by atoms with Gasteiger partial charge in [-0.15, -0.1) is 13.2 Å². The molecular formula is C21H26N2O3. The van der Waals surface area contributed by atoms with Crippen LogP contribution in [0.2, 0.25) is 0 Å². The van der Waals surface area contributed by atoms with Crippen molar-refractivity contribution in [2.45, 2.75) is 24.8 Å². The Labute approximate surface area is 154 Å². The first-order chi connectivity index (χ1) is 12.5. The molecule has 1 aromatic heterocycles. The van der Waals surface area contributed by atoms with Crippen molar-refractivity contribution in [2.24, 2.45) is 7.05 Å². The van der Waals surface area contributed by atoms with Gasteiger partial charge < -0.3 is 18.9 Å². The highest BCUT2D eigenvalue weighted by molar-refractivity contribution is 6.02. The van der Waals surface area contributed by atoms with Crippen molar-refractivity contribution in [3.05, 3.63) is 49.2 Å². The molecule has 0 aliphatic carbocycles. The van der Waals surface area contributed by atoms with Crippen LogP contribution in [-0.4, -0.2) is 41.7 Å². The van der Waals surface area contributed by atoms with Crippen molar-refractivity contribution in [1.82, 2.24) is 9.47 Å². The number of hydrogen-bond acceptors (Lipinski definition) is 3. The monoisotopic (exact) mass is 354 g/mol. The van der Waals surface area contributed by atoms with Crippen LogP contribution in [-0.2, 0) is 7.05 Å². The molecule has 1 aliphatic rings. The van der Waals surface area contributed by atoms with Gasteiger partial charge in [0.15, 0.2) is 0 Å². The van der Waals surface area contributed by atoms with Gasteiger partial charge in [0.2, 0.25) is 0 Å². The number of likely N-dealkylation sites (tertiary alicyclic amines) is 1. The van der Waals surface area contributed by atoms with E-state index in [1.807, 2.05) is 46.9 Å². The fraction of sp³-hybridized carbons (Fsp3) is 0.381. The van der Waals surface area contributed by atoms with Crippen molar-refractivity contribution < 1.29 is 14.3 Å². The number of rotatable bonds is 7. The summed E-state index contributed by atoms with van der Waals surface area (Å²) < 4.78 is 12.9. The number of amides is 1. The topological polar surface area (TPSA) is 43.7 Å². The summed E-state index contributed by atoms with van der Waals surface area (Å²) in [5.74, 6) is 1.46. The predicted molar refractivity (Wildman–Crippen MR) is 104 cm³/mol. The molecule has 1 aromatic carbocycles. The van der Waals surface area contributed by atoms with Crippen LogP contribution in [0.5, 0.6) is 11.5 Å². The number of carbonyl (C=O) groups is 1. The highest BCUT2D eigenvalue weighted by atomic mass is 16.5. The standard InChI is InChI=1S/C21H26N2O3/c1-6-10-21(11-7-2)12-13-23(21)20(24)16-14-15-17(25-4)8-9-18(26-5)19(15)22(16)3/h6-9,14H,1-2,10-13H2,3-5H3. The summed E-state index contributed by atoms with van der Waals surface area (Å²) in [7, 11) is 5.15. The molecule has 5 nitrogen and oxygen atoms in total. The van der Waals surface area contributed by atoms with Crippen LogP contribution in [0.3, 0.4) is 0 Å². The van der Waals surface area contributed by atoms with E-state index in [1.165, 1.54) is 0 Å². The zero-order chi connectivity index (χ0) is 18.9. The zero-order valence-electron chi connectivity index (χ0n) is 15.7. The number of methoxy groups -OCH3 is 2. The second-order valence-electron chi connectivity index (χ2n) is 6.74. The van der Waals surface area contributed by atoms with Crippen LogP contribution in [0, 0.1) is 0 Å². The average Bonchev–Trinajstić information content (AvgIpc) is 2.97. The molecule has 1 aliphatic heterocycles. The van der Waals surface area contributed by atoms with E-state index in [0.29, 0.717) is 5.69 Å². The Bertz CT molecular complexity index is 856. The third kappa shape index (κ3) is 2.59. The van der Waals surface area contributed by atoms with Crippen LogP contribution in [0.15, 0.2) is 43.5 Å². The largest absolute Gasteiger partial charge is 0.496 e. The molecule has 0 N–H and O–H groups in total. The van der Waals surface area contributed by atoms with Crippen LogP contribution in [0.25, 0.3) is 10.9 Å². The maximum atomic E-state index is 13.3. The minimum atomic E-state index is -0.203. The third-order valence-electron chi connectivity index (χ3n) is 5.44. The van der Waals surface area contributed by atoms with Crippen LogP contribution in [0.4, 0.5) is 0 Å². The minimum Gasteiger partial charge on any atom is -0.496 e. The molecule has 2 aromatic rings. The summed E-state index contributed by atoms with van der Waals surface area (Å²) >= 11 is 0. The number of hydrogen-bond donors (Lipinski definition) is 0. The van der Waals surface area contributed by atoms with Crippen molar-refractivity contribution in [3.8, 4) is 11.5 Å². The molecule has 0 radical (unpaired) electrons. The van der Waals surface area contributed by atoms with Gasteiger partial charge in [-0.25, -0.2) is 0 Å². The molecule has 0 unspecified atom stereocenters. The summed E-state index contributed by atoms with van der Waals surface area (Å²) in [6, 6.07) is 5.61. The molecule has 26 heavy (non-hydrogen) atoms. The summed E-state index contributed by atoms with van der Waals surface area (Å²) in [4.78, 5) is 15.3. The fourth-order valence-electron chi connectivity index (χ4n) is 4.00. The Kier molecular flexibility index (Phi) is 4.81. The second-order valence-corrected chi connectivity index (χ2v) is 6.74. The Hall–Kier alpha value is -2.69. The zero-order valence-corrected chi connectivity index (χ0v) is 15.7. The first kappa shape index (κ1) is 18.1. The first-order valence-electron chi connectivity index (χ1n) is 8.77. The van der Waals surface area contributed by atoms with Gasteiger partial charge in [-0.3, -0.25) is 4.79 Å². The fourth-order valence-corrected chi connectivity index (χ4v) is 4.00. The van der Waals surface area contributed by atoms with Gasteiger partial charge in [0.05, 0.1) is 25.3 Å². The maximum Gasteiger partial charge on any atom is 0.270 e. The minimum absolute atomic E-state index is 0.0164. The van der Waals surface area contributed by atoms with Gasteiger partial charge >= 0.3 is 0 Å². The van der Waals surface area contributed by atoms with E-state index in [4.69, 9.17) is 9.47 Å². The molecule has 138 valence electrons. The number of nitrogens with zero attached hydrogens (tertiary/aromatic N) is 2. The molecular weight excluding hydrogens is 328 g/mol. The van der Waals surface area contributed by atoms with Gasteiger partial charge in [0.25, 0.3) is 5.91 Å². The van der Waals surface area contributed by atoms with E-state index in [9.17, 15) is 4.79 Å². The van der Waals surface area contributed by atoms with Crippen molar-refractivity contribution in [2.75, 3.05) is 20.8 Å². The molecule has 0 atom stereocenters. The summed E-state index contributed by atoms with van der Waals surface area (Å²) in [5, 5.41) is 0.872. The lowest BCUT2D eigenvalue weighted by molar-refractivity contribution is -0.000782. The summed E-state index contributed by atoms with van der Waals surface area (Å²) in [6.45, 7) is 8.47. The Morgan fingerprint density at radius 2 is 1.81 bits per heavy atom. The lowest BCUT2D eigenvalue weighted by Gasteiger charge is -2.52. The van der Waals surface area contributed by atoms with E-state index in [1.54, 1.807) is 14.2 Å². The highest BCUT2D eigenvalue weighted by Crippen LogP contribution is 2.41. The van der Waals surface area contributed by atoms with Crippen molar-refractivity contribution in [1.29, 1.82) is 0 Å². The van der Waals surface area contributed by atoms with Crippen molar-refractivity contribution in [3.63, 3.8) is 0 Å². The summed E-state index contributed by atoms with van der Waals surface area (Å²) in [6.07, 6.45) is 6.27. The van der Waals surface area contributed by atoms with E-state index in [2.05, 4.69) is 13.2 Å². The van der Waals surface area contributed by atoms with E-state index < -0.39 is 0 Å². The Balaban J connectivity index is 2.08. The predicted octanol–water partition coefficient (Wildman–Crippen LogP) is 3.93. The smallest absolute Gasteiger partial charge is 0.270 e.